The van der Waals surface area contributed by atoms with E-state index < -0.39 is 5.91 Å². The molecule has 7 heteroatoms. The molecule has 0 aliphatic rings. The molecule has 0 spiro atoms. The van der Waals surface area contributed by atoms with Crippen molar-refractivity contribution in [3.63, 3.8) is 0 Å². The van der Waals surface area contributed by atoms with Crippen LogP contribution >= 0.6 is 0 Å². The van der Waals surface area contributed by atoms with E-state index in [1.807, 2.05) is 0 Å². The molecule has 5 N–H and O–H groups in total. The highest BCUT2D eigenvalue weighted by Gasteiger charge is 1.99. The first-order chi connectivity index (χ1) is 7.15. The molecule has 7 nitrogen and oxygen atoms in total. The van der Waals surface area contributed by atoms with Gasteiger partial charge in [-0.3, -0.25) is 4.79 Å². The van der Waals surface area contributed by atoms with Gasteiger partial charge < -0.3 is 16.5 Å². The minimum Gasteiger partial charge on any atom is -0.382 e. The van der Waals surface area contributed by atoms with E-state index in [1.165, 1.54) is 12.7 Å². The van der Waals surface area contributed by atoms with Gasteiger partial charge in [0.1, 0.15) is 11.8 Å². The van der Waals surface area contributed by atoms with Crippen molar-refractivity contribution in [1.82, 2.24) is 19.9 Å². The lowest BCUT2D eigenvalue weighted by Gasteiger charge is -1.89. The Morgan fingerprint density at radius 1 is 1.47 bits per heavy atom. The first-order valence-corrected chi connectivity index (χ1v) is 3.96. The summed E-state index contributed by atoms with van der Waals surface area (Å²) in [6.07, 6.45) is 3.98. The van der Waals surface area contributed by atoms with E-state index in [-0.39, 0.29) is 0 Å². The third-order valence-corrected chi connectivity index (χ3v) is 1.45. The lowest BCUT2D eigenvalue weighted by Crippen LogP contribution is -2.04. The molecule has 2 aromatic heterocycles. The van der Waals surface area contributed by atoms with E-state index in [0.717, 1.165) is 6.08 Å². The van der Waals surface area contributed by atoms with Crippen molar-refractivity contribution in [2.75, 3.05) is 5.73 Å². The number of H-pyrrole nitrogens is 1. The van der Waals surface area contributed by atoms with Crippen LogP contribution in [0, 0.1) is 0 Å². The van der Waals surface area contributed by atoms with Crippen LogP contribution in [0.5, 0.6) is 0 Å². The van der Waals surface area contributed by atoms with Crippen molar-refractivity contribution in [2.24, 2.45) is 5.73 Å². The SMILES string of the molecule is C=CC(N)=O.Nc1ncnc2nc[nH]c12. The first-order valence-electron chi connectivity index (χ1n) is 3.96. The molecular weight excluding hydrogens is 196 g/mol. The Morgan fingerprint density at radius 3 is 2.67 bits per heavy atom. The molecule has 2 rings (SSSR count). The Morgan fingerprint density at radius 2 is 2.13 bits per heavy atom. The molecule has 2 aromatic rings. The molecule has 0 fully saturated rings. The average Bonchev–Trinajstić information content (AvgIpc) is 2.68. The van der Waals surface area contributed by atoms with Gasteiger partial charge in [0.15, 0.2) is 11.5 Å². The summed E-state index contributed by atoms with van der Waals surface area (Å²) in [5, 5.41) is 0. The van der Waals surface area contributed by atoms with E-state index in [4.69, 9.17) is 5.73 Å². The van der Waals surface area contributed by atoms with E-state index in [1.54, 1.807) is 0 Å². The molecule has 78 valence electrons. The Labute approximate surface area is 85.2 Å². The maximum Gasteiger partial charge on any atom is 0.240 e. The van der Waals surface area contributed by atoms with E-state index in [2.05, 4.69) is 32.2 Å². The number of carbonyl (C=O) groups is 1. The van der Waals surface area contributed by atoms with E-state index in [9.17, 15) is 4.79 Å². The second-order valence-corrected chi connectivity index (χ2v) is 2.47. The Hall–Kier alpha value is -2.44. The molecule has 0 aliphatic heterocycles. The predicted octanol–water partition coefficient (Wildman–Crippen LogP) is -0.407. The maximum absolute atomic E-state index is 9.47. The third kappa shape index (κ3) is 2.76. The fourth-order valence-corrected chi connectivity index (χ4v) is 0.784. The number of aromatic amines is 1. The van der Waals surface area contributed by atoms with Crippen molar-refractivity contribution < 1.29 is 4.79 Å². The molecule has 0 saturated heterocycles. The van der Waals surface area contributed by atoms with Gasteiger partial charge in [0.25, 0.3) is 0 Å². The Balaban J connectivity index is 0.000000195. The summed E-state index contributed by atoms with van der Waals surface area (Å²) in [5.74, 6) is -0.0486. The number of nitrogens with two attached hydrogens (primary N) is 2. The summed E-state index contributed by atoms with van der Waals surface area (Å²) in [6, 6.07) is 0. The van der Waals surface area contributed by atoms with Gasteiger partial charge in [-0.05, 0) is 6.08 Å². The van der Waals surface area contributed by atoms with Crippen LogP contribution in [0.3, 0.4) is 0 Å². The van der Waals surface area contributed by atoms with Crippen molar-refractivity contribution in [3.8, 4) is 0 Å². The fraction of sp³-hybridized carbons (Fsp3) is 0. The van der Waals surface area contributed by atoms with Gasteiger partial charge in [0.05, 0.1) is 6.33 Å². The van der Waals surface area contributed by atoms with Crippen molar-refractivity contribution >= 4 is 22.9 Å². The minimum atomic E-state index is -0.481. The number of hydrogen-bond acceptors (Lipinski definition) is 5. The molecule has 1 amide bonds. The molecule has 2 heterocycles. The van der Waals surface area contributed by atoms with Gasteiger partial charge in [-0.2, -0.15) is 0 Å². The standard InChI is InChI=1S/C5H5N5.C3H5NO/c6-4-3-5(9-1-7-3)10-2-8-4;1-2-3(4)5/h1-2H,(H3,6,7,8,9,10);2H,1H2,(H2,4,5). The van der Waals surface area contributed by atoms with E-state index >= 15 is 0 Å². The average molecular weight is 206 g/mol. The number of imidazole rings is 1. The molecule has 0 atom stereocenters. The van der Waals surface area contributed by atoms with E-state index in [0.29, 0.717) is 17.0 Å². The number of carbonyl (C=O) groups excluding carboxylic acids is 1. The van der Waals surface area contributed by atoms with Gasteiger partial charge >= 0.3 is 0 Å². The van der Waals surface area contributed by atoms with Gasteiger partial charge in [-0.25, -0.2) is 15.0 Å². The molecule has 0 aliphatic carbocycles. The van der Waals surface area contributed by atoms with Gasteiger partial charge in [-0.15, -0.1) is 0 Å². The van der Waals surface area contributed by atoms with Crippen molar-refractivity contribution in [3.05, 3.63) is 25.3 Å². The highest BCUT2D eigenvalue weighted by Crippen LogP contribution is 2.09. The summed E-state index contributed by atoms with van der Waals surface area (Å²) in [4.78, 5) is 23.8. The lowest BCUT2D eigenvalue weighted by molar-refractivity contribution is -0.113. The number of nitrogens with zero attached hydrogens (tertiary/aromatic N) is 3. The lowest BCUT2D eigenvalue weighted by atomic mass is 10.5. The monoisotopic (exact) mass is 206 g/mol. The molecule has 15 heavy (non-hydrogen) atoms. The molecule has 0 aromatic carbocycles. The van der Waals surface area contributed by atoms with Gasteiger partial charge in [0.2, 0.25) is 5.91 Å². The second-order valence-electron chi connectivity index (χ2n) is 2.47. The largest absolute Gasteiger partial charge is 0.382 e. The Bertz CT molecular complexity index is 477. The van der Waals surface area contributed by atoms with Crippen LogP contribution in [-0.4, -0.2) is 25.8 Å². The zero-order chi connectivity index (χ0) is 11.3. The van der Waals surface area contributed by atoms with Crippen LogP contribution in [0.1, 0.15) is 0 Å². The zero-order valence-corrected chi connectivity index (χ0v) is 7.84. The number of rotatable bonds is 1. The van der Waals surface area contributed by atoms with Crippen molar-refractivity contribution in [1.29, 1.82) is 0 Å². The Kier molecular flexibility index (Phi) is 3.33. The predicted molar refractivity (Wildman–Crippen MR) is 55.5 cm³/mol. The summed E-state index contributed by atoms with van der Waals surface area (Å²) in [7, 11) is 0. The number of fused-ring (bicyclic) bond motifs is 1. The van der Waals surface area contributed by atoms with Crippen LogP contribution in [0.25, 0.3) is 11.2 Å². The molecular formula is C8H10N6O. The second kappa shape index (κ2) is 4.70. The first kappa shape index (κ1) is 10.6. The minimum absolute atomic E-state index is 0.433. The number of primary amides is 1. The number of nitrogens with one attached hydrogen (secondary N) is 1. The molecule has 0 bridgehead atoms. The van der Waals surface area contributed by atoms with Crippen molar-refractivity contribution in [2.45, 2.75) is 0 Å². The summed E-state index contributed by atoms with van der Waals surface area (Å²) >= 11 is 0. The molecule has 0 saturated carbocycles. The fourth-order valence-electron chi connectivity index (χ4n) is 0.784. The summed E-state index contributed by atoms with van der Waals surface area (Å²) < 4.78 is 0. The smallest absolute Gasteiger partial charge is 0.240 e. The third-order valence-electron chi connectivity index (χ3n) is 1.45. The van der Waals surface area contributed by atoms with Crippen LogP contribution in [0.2, 0.25) is 0 Å². The van der Waals surface area contributed by atoms with Crippen LogP contribution in [0.15, 0.2) is 25.3 Å². The topological polar surface area (TPSA) is 124 Å². The number of amides is 1. The van der Waals surface area contributed by atoms with Crippen LogP contribution in [-0.2, 0) is 4.79 Å². The summed E-state index contributed by atoms with van der Waals surface area (Å²) in [6.45, 7) is 3.09. The highest BCUT2D eigenvalue weighted by molar-refractivity contribution is 5.85. The maximum atomic E-state index is 9.47. The van der Waals surface area contributed by atoms with Gasteiger partial charge in [-0.1, -0.05) is 6.58 Å². The van der Waals surface area contributed by atoms with Crippen LogP contribution < -0.4 is 11.5 Å². The molecule has 0 radical (unpaired) electrons. The number of hydrogen-bond donors (Lipinski definition) is 3. The number of aromatic nitrogens is 4. The van der Waals surface area contributed by atoms with Crippen LogP contribution in [0.4, 0.5) is 5.82 Å². The number of nitrogen functional groups attached to an aromatic ring is 1. The number of anilines is 1. The highest BCUT2D eigenvalue weighted by atomic mass is 16.1. The quantitative estimate of drug-likeness (QED) is 0.547. The zero-order valence-electron chi connectivity index (χ0n) is 7.84. The van der Waals surface area contributed by atoms with Gasteiger partial charge in [0, 0.05) is 0 Å². The summed E-state index contributed by atoms with van der Waals surface area (Å²) in [5.41, 5.74) is 11.3. The normalized spacial score (nSPS) is 9.07. The molecule has 0 unspecified atom stereocenters.